The van der Waals surface area contributed by atoms with Crippen molar-refractivity contribution in [3.8, 4) is 5.75 Å². The summed E-state index contributed by atoms with van der Waals surface area (Å²) in [5, 5.41) is 8.73. The lowest BCUT2D eigenvalue weighted by atomic mass is 10.2. The van der Waals surface area contributed by atoms with Gasteiger partial charge in [-0.3, -0.25) is 4.79 Å². The molecule has 1 aromatic rings. The molecular weight excluding hydrogens is 334 g/mol. The number of aliphatic hydroxyl groups excluding tert-OH is 1. The zero-order valence-electron chi connectivity index (χ0n) is 16.5. The first-order chi connectivity index (χ1) is 12.3. The predicted octanol–water partition coefficient (Wildman–Crippen LogP) is 2.63. The summed E-state index contributed by atoms with van der Waals surface area (Å²) in [5.41, 5.74) is 0.590. The number of benzene rings is 1. The molecule has 0 saturated heterocycles. The summed E-state index contributed by atoms with van der Waals surface area (Å²) >= 11 is 0. The first-order valence-corrected chi connectivity index (χ1v) is 9.11. The maximum absolute atomic E-state index is 11.7. The molecule has 0 atom stereocenters. The molecule has 0 aliphatic carbocycles. The molecule has 0 spiro atoms. The highest BCUT2D eigenvalue weighted by molar-refractivity contribution is 5.70. The average molecular weight is 367 g/mol. The van der Waals surface area contributed by atoms with Crippen molar-refractivity contribution in [3.63, 3.8) is 0 Å². The predicted molar refractivity (Wildman–Crippen MR) is 101 cm³/mol. The second-order valence-corrected chi connectivity index (χ2v) is 7.27. The monoisotopic (exact) mass is 367 g/mol. The molecule has 1 rings (SSSR count). The van der Waals surface area contributed by atoms with Crippen molar-refractivity contribution >= 4 is 5.97 Å². The summed E-state index contributed by atoms with van der Waals surface area (Å²) in [6, 6.07) is 7.76. The fourth-order valence-electron chi connectivity index (χ4n) is 2.29. The van der Waals surface area contributed by atoms with Gasteiger partial charge in [-0.05, 0) is 51.9 Å². The summed E-state index contributed by atoms with van der Waals surface area (Å²) in [4.78, 5) is 13.8. The molecule has 0 aliphatic heterocycles. The highest BCUT2D eigenvalue weighted by atomic mass is 16.6. The Hall–Kier alpha value is -1.63. The van der Waals surface area contributed by atoms with Gasteiger partial charge in [0.15, 0.2) is 0 Å². The molecule has 148 valence electrons. The largest absolute Gasteiger partial charge is 0.494 e. The summed E-state index contributed by atoms with van der Waals surface area (Å²) in [7, 11) is 1.99. The van der Waals surface area contributed by atoms with Gasteiger partial charge in [0, 0.05) is 13.1 Å². The minimum atomic E-state index is -0.429. The van der Waals surface area contributed by atoms with Gasteiger partial charge in [-0.15, -0.1) is 0 Å². The van der Waals surface area contributed by atoms with E-state index in [0.717, 1.165) is 24.3 Å². The number of aliphatic hydroxyl groups is 1. The zero-order chi connectivity index (χ0) is 19.4. The van der Waals surface area contributed by atoms with Crippen molar-refractivity contribution in [3.05, 3.63) is 29.8 Å². The molecule has 0 saturated carbocycles. The molecule has 6 heteroatoms. The first kappa shape index (κ1) is 22.4. The molecule has 0 aliphatic rings. The third kappa shape index (κ3) is 11.1. The van der Waals surface area contributed by atoms with Crippen molar-refractivity contribution in [1.29, 1.82) is 0 Å². The number of ether oxygens (including phenoxy) is 3. The zero-order valence-corrected chi connectivity index (χ0v) is 16.5. The molecule has 1 N–H and O–H groups in total. The number of rotatable bonds is 12. The Morgan fingerprint density at radius 3 is 2.65 bits per heavy atom. The molecule has 6 nitrogen and oxygen atoms in total. The van der Waals surface area contributed by atoms with Crippen LogP contribution in [0.25, 0.3) is 0 Å². The number of nitrogens with zero attached hydrogens (tertiary/aromatic N) is 1. The van der Waals surface area contributed by atoms with E-state index in [9.17, 15) is 4.79 Å². The van der Waals surface area contributed by atoms with Crippen LogP contribution < -0.4 is 4.74 Å². The van der Waals surface area contributed by atoms with Crippen molar-refractivity contribution in [2.45, 2.75) is 45.8 Å². The van der Waals surface area contributed by atoms with E-state index < -0.39 is 5.60 Å². The average Bonchev–Trinajstić information content (AvgIpc) is 2.56. The summed E-state index contributed by atoms with van der Waals surface area (Å²) in [5.74, 6) is 0.646. The Bertz CT molecular complexity index is 527. The molecule has 0 bridgehead atoms. The normalized spacial score (nSPS) is 11.6. The van der Waals surface area contributed by atoms with Crippen molar-refractivity contribution in [2.24, 2.45) is 0 Å². The highest BCUT2D eigenvalue weighted by Gasteiger charge is 2.16. The lowest BCUT2D eigenvalue weighted by Gasteiger charge is -2.21. The molecular formula is C20H33NO5. The molecule has 1 aromatic carbocycles. The van der Waals surface area contributed by atoms with Gasteiger partial charge in [0.1, 0.15) is 11.4 Å². The third-order valence-corrected chi connectivity index (χ3v) is 3.47. The fraction of sp³-hybridized carbons (Fsp3) is 0.650. The maximum Gasteiger partial charge on any atom is 0.307 e. The maximum atomic E-state index is 11.7. The fourth-order valence-corrected chi connectivity index (χ4v) is 2.29. The van der Waals surface area contributed by atoms with Crippen LogP contribution >= 0.6 is 0 Å². The lowest BCUT2D eigenvalue weighted by Crippen LogP contribution is -2.28. The van der Waals surface area contributed by atoms with E-state index in [1.165, 1.54) is 0 Å². The van der Waals surface area contributed by atoms with Crippen molar-refractivity contribution < 1.29 is 24.1 Å². The minimum Gasteiger partial charge on any atom is -0.494 e. The van der Waals surface area contributed by atoms with Gasteiger partial charge in [-0.2, -0.15) is 0 Å². The van der Waals surface area contributed by atoms with Crippen LogP contribution in [-0.4, -0.2) is 61.5 Å². The Labute approximate surface area is 157 Å². The van der Waals surface area contributed by atoms with Gasteiger partial charge in [0.25, 0.3) is 0 Å². The van der Waals surface area contributed by atoms with E-state index in [4.69, 9.17) is 19.3 Å². The van der Waals surface area contributed by atoms with E-state index in [0.29, 0.717) is 32.8 Å². The number of hydrogen-bond acceptors (Lipinski definition) is 6. The second-order valence-electron chi connectivity index (χ2n) is 7.27. The lowest BCUT2D eigenvalue weighted by molar-refractivity contribution is -0.155. The van der Waals surface area contributed by atoms with Gasteiger partial charge in [-0.1, -0.05) is 12.1 Å². The molecule has 0 heterocycles. The van der Waals surface area contributed by atoms with Gasteiger partial charge in [-0.25, -0.2) is 0 Å². The second kappa shape index (κ2) is 11.9. The molecule has 0 amide bonds. The summed E-state index contributed by atoms with van der Waals surface area (Å²) < 4.78 is 16.4. The summed E-state index contributed by atoms with van der Waals surface area (Å²) in [6.45, 7) is 8.58. The van der Waals surface area contributed by atoms with Gasteiger partial charge >= 0.3 is 5.97 Å². The quantitative estimate of drug-likeness (QED) is 0.452. The Balaban J connectivity index is 2.19. The number of hydrogen-bond donors (Lipinski definition) is 1. The van der Waals surface area contributed by atoms with E-state index in [1.807, 2.05) is 52.1 Å². The van der Waals surface area contributed by atoms with Crippen LogP contribution in [0, 0.1) is 0 Å². The van der Waals surface area contributed by atoms with Crippen molar-refractivity contribution in [2.75, 3.05) is 40.0 Å². The van der Waals surface area contributed by atoms with E-state index in [-0.39, 0.29) is 12.6 Å². The highest BCUT2D eigenvalue weighted by Crippen LogP contribution is 2.14. The molecule has 0 unspecified atom stereocenters. The van der Waals surface area contributed by atoms with Gasteiger partial charge < -0.3 is 24.2 Å². The van der Waals surface area contributed by atoms with Crippen LogP contribution in [-0.2, 0) is 20.9 Å². The SMILES string of the molecule is CN(CCCOc1cccc(COCCO)c1)CCC(=O)OC(C)(C)C. The number of carbonyl (C=O) groups is 1. The van der Waals surface area contributed by atoms with Crippen LogP contribution in [0.3, 0.4) is 0 Å². The van der Waals surface area contributed by atoms with Gasteiger partial charge in [0.2, 0.25) is 0 Å². The Morgan fingerprint density at radius 1 is 1.19 bits per heavy atom. The Kier molecular flexibility index (Phi) is 10.2. The van der Waals surface area contributed by atoms with Crippen LogP contribution in [0.4, 0.5) is 0 Å². The van der Waals surface area contributed by atoms with Gasteiger partial charge in [0.05, 0.1) is 32.8 Å². The molecule has 26 heavy (non-hydrogen) atoms. The standard InChI is InChI=1S/C20H33NO5/c1-20(2,3)26-19(23)9-11-21(4)10-6-13-25-18-8-5-7-17(15-18)16-24-14-12-22/h5,7-8,15,22H,6,9-14,16H2,1-4H3. The van der Waals surface area contributed by atoms with Crippen LogP contribution in [0.5, 0.6) is 5.75 Å². The van der Waals surface area contributed by atoms with Crippen LogP contribution in [0.15, 0.2) is 24.3 Å². The topological polar surface area (TPSA) is 68.2 Å². The Morgan fingerprint density at radius 2 is 1.96 bits per heavy atom. The van der Waals surface area contributed by atoms with Crippen LogP contribution in [0.2, 0.25) is 0 Å². The first-order valence-electron chi connectivity index (χ1n) is 9.11. The molecule has 0 aromatic heterocycles. The number of esters is 1. The minimum absolute atomic E-state index is 0.0254. The van der Waals surface area contributed by atoms with Crippen LogP contribution in [0.1, 0.15) is 39.2 Å². The number of carbonyl (C=O) groups excluding carboxylic acids is 1. The smallest absolute Gasteiger partial charge is 0.307 e. The third-order valence-electron chi connectivity index (χ3n) is 3.47. The van der Waals surface area contributed by atoms with E-state index >= 15 is 0 Å². The van der Waals surface area contributed by atoms with Crippen molar-refractivity contribution in [1.82, 2.24) is 4.90 Å². The van der Waals surface area contributed by atoms with E-state index in [2.05, 4.69) is 4.90 Å². The van der Waals surface area contributed by atoms with E-state index in [1.54, 1.807) is 0 Å². The molecule has 0 radical (unpaired) electrons. The molecule has 0 fully saturated rings. The summed E-state index contributed by atoms with van der Waals surface area (Å²) in [6.07, 6.45) is 1.26.